The molecule has 4 heteroatoms. The highest BCUT2D eigenvalue weighted by molar-refractivity contribution is 9.10. The molecule has 0 aliphatic carbocycles. The van der Waals surface area contributed by atoms with Crippen LogP contribution in [0.25, 0.3) is 0 Å². The molecule has 1 rings (SSSR count). The Hall–Kier alpha value is -1.03. The molecule has 0 heterocycles. The molecule has 0 unspecified atom stereocenters. The number of carbonyl (C=O) groups is 1. The first-order valence-corrected chi connectivity index (χ1v) is 5.97. The normalized spacial score (nSPS) is 10.1. The van der Waals surface area contributed by atoms with Gasteiger partial charge in [-0.05, 0) is 52.9 Å². The van der Waals surface area contributed by atoms with E-state index in [1.807, 2.05) is 18.2 Å². The van der Waals surface area contributed by atoms with Crippen molar-refractivity contribution in [3.8, 4) is 5.75 Å². The van der Waals surface area contributed by atoms with Crippen LogP contribution in [0.1, 0.15) is 24.8 Å². The molecule has 0 aromatic heterocycles. The number of carboxylic acids is 1. The minimum absolute atomic E-state index is 0.247. The van der Waals surface area contributed by atoms with Crippen molar-refractivity contribution < 1.29 is 14.6 Å². The van der Waals surface area contributed by atoms with Gasteiger partial charge in [0.05, 0.1) is 11.6 Å². The van der Waals surface area contributed by atoms with Crippen molar-refractivity contribution in [3.63, 3.8) is 0 Å². The number of halogens is 1. The van der Waals surface area contributed by atoms with Crippen LogP contribution in [0.2, 0.25) is 0 Å². The van der Waals surface area contributed by atoms with E-state index in [0.29, 0.717) is 0 Å². The van der Waals surface area contributed by atoms with Gasteiger partial charge >= 0.3 is 5.97 Å². The van der Waals surface area contributed by atoms with Crippen LogP contribution in [-0.2, 0) is 11.2 Å². The Balaban J connectivity index is 2.43. The molecule has 0 atom stereocenters. The molecule has 1 aromatic rings. The Bertz CT molecular complexity index is 363. The molecule has 0 aliphatic rings. The maximum Gasteiger partial charge on any atom is 0.303 e. The molecule has 3 nitrogen and oxygen atoms in total. The second kappa shape index (κ2) is 6.53. The summed E-state index contributed by atoms with van der Waals surface area (Å²) in [5.41, 5.74) is 1.19. The van der Waals surface area contributed by atoms with Gasteiger partial charge in [-0.15, -0.1) is 0 Å². The molecule has 0 amide bonds. The van der Waals surface area contributed by atoms with E-state index in [4.69, 9.17) is 9.84 Å². The predicted molar refractivity (Wildman–Crippen MR) is 65.9 cm³/mol. The lowest BCUT2D eigenvalue weighted by atomic mass is 10.1. The second-order valence-corrected chi connectivity index (χ2v) is 4.42. The highest BCUT2D eigenvalue weighted by Crippen LogP contribution is 2.26. The standard InChI is InChI=1S/C12H15BrO3/c1-16-11-7-6-9(8-10(11)13)4-2-3-5-12(14)15/h6-8H,2-5H2,1H3,(H,14,15). The van der Waals surface area contributed by atoms with Crippen LogP contribution < -0.4 is 4.74 Å². The van der Waals surface area contributed by atoms with Crippen molar-refractivity contribution in [1.29, 1.82) is 0 Å². The molecule has 16 heavy (non-hydrogen) atoms. The minimum atomic E-state index is -0.726. The van der Waals surface area contributed by atoms with Gasteiger partial charge in [-0.25, -0.2) is 0 Å². The van der Waals surface area contributed by atoms with E-state index in [1.165, 1.54) is 5.56 Å². The van der Waals surface area contributed by atoms with E-state index < -0.39 is 5.97 Å². The molecule has 0 saturated carbocycles. The zero-order valence-electron chi connectivity index (χ0n) is 9.20. The number of ether oxygens (including phenoxy) is 1. The minimum Gasteiger partial charge on any atom is -0.496 e. The zero-order valence-corrected chi connectivity index (χ0v) is 10.8. The Morgan fingerprint density at radius 1 is 1.44 bits per heavy atom. The Morgan fingerprint density at radius 3 is 2.75 bits per heavy atom. The summed E-state index contributed by atoms with van der Waals surface area (Å²) in [5, 5.41) is 8.50. The average molecular weight is 287 g/mol. The summed E-state index contributed by atoms with van der Waals surface area (Å²) in [6, 6.07) is 5.93. The quantitative estimate of drug-likeness (QED) is 0.817. The van der Waals surface area contributed by atoms with Crippen molar-refractivity contribution >= 4 is 21.9 Å². The fourth-order valence-corrected chi connectivity index (χ4v) is 2.06. The Morgan fingerprint density at radius 2 is 2.19 bits per heavy atom. The SMILES string of the molecule is COc1ccc(CCCCC(=O)O)cc1Br. The van der Waals surface area contributed by atoms with E-state index in [0.717, 1.165) is 29.5 Å². The fourth-order valence-electron chi connectivity index (χ4n) is 1.47. The Kier molecular flexibility index (Phi) is 5.32. The molecular formula is C12H15BrO3. The largest absolute Gasteiger partial charge is 0.496 e. The lowest BCUT2D eigenvalue weighted by Gasteiger charge is -2.05. The van der Waals surface area contributed by atoms with Crippen LogP contribution in [0.4, 0.5) is 0 Å². The third kappa shape index (κ3) is 4.23. The molecule has 1 aromatic carbocycles. The predicted octanol–water partition coefficient (Wildman–Crippen LogP) is 3.26. The van der Waals surface area contributed by atoms with Crippen LogP contribution in [0.3, 0.4) is 0 Å². The summed E-state index contributed by atoms with van der Waals surface area (Å²) in [5.74, 6) is 0.0881. The number of benzene rings is 1. The van der Waals surface area contributed by atoms with Gasteiger partial charge in [-0.3, -0.25) is 4.79 Å². The molecule has 88 valence electrons. The molecule has 0 bridgehead atoms. The van der Waals surface area contributed by atoms with Crippen molar-refractivity contribution in [1.82, 2.24) is 0 Å². The summed E-state index contributed by atoms with van der Waals surface area (Å²) in [4.78, 5) is 10.3. The molecular weight excluding hydrogens is 272 g/mol. The topological polar surface area (TPSA) is 46.5 Å². The number of aliphatic carboxylic acids is 1. The van der Waals surface area contributed by atoms with Crippen LogP contribution in [0.15, 0.2) is 22.7 Å². The van der Waals surface area contributed by atoms with Gasteiger partial charge in [0.1, 0.15) is 5.75 Å². The number of unbranched alkanes of at least 4 members (excludes halogenated alkanes) is 1. The second-order valence-electron chi connectivity index (χ2n) is 3.57. The number of methoxy groups -OCH3 is 1. The van der Waals surface area contributed by atoms with E-state index in [1.54, 1.807) is 7.11 Å². The van der Waals surface area contributed by atoms with Crippen molar-refractivity contribution in [2.75, 3.05) is 7.11 Å². The van der Waals surface area contributed by atoms with Gasteiger partial charge < -0.3 is 9.84 Å². The number of hydrogen-bond donors (Lipinski definition) is 1. The zero-order chi connectivity index (χ0) is 12.0. The third-order valence-corrected chi connectivity index (χ3v) is 2.94. The van der Waals surface area contributed by atoms with Crippen LogP contribution >= 0.6 is 15.9 Å². The first-order chi connectivity index (χ1) is 7.63. The molecule has 0 radical (unpaired) electrons. The lowest BCUT2D eigenvalue weighted by Crippen LogP contribution is -1.95. The van der Waals surface area contributed by atoms with E-state index in [9.17, 15) is 4.79 Å². The summed E-state index contributed by atoms with van der Waals surface area (Å²) in [6.07, 6.45) is 2.76. The van der Waals surface area contributed by atoms with E-state index >= 15 is 0 Å². The highest BCUT2D eigenvalue weighted by atomic mass is 79.9. The van der Waals surface area contributed by atoms with Crippen LogP contribution in [0, 0.1) is 0 Å². The van der Waals surface area contributed by atoms with Gasteiger partial charge in [0.25, 0.3) is 0 Å². The third-order valence-electron chi connectivity index (χ3n) is 2.32. The fraction of sp³-hybridized carbons (Fsp3) is 0.417. The smallest absolute Gasteiger partial charge is 0.303 e. The number of hydrogen-bond acceptors (Lipinski definition) is 2. The number of aryl methyl sites for hydroxylation is 1. The first kappa shape index (κ1) is 13.0. The molecule has 0 saturated heterocycles. The van der Waals surface area contributed by atoms with E-state index in [2.05, 4.69) is 15.9 Å². The monoisotopic (exact) mass is 286 g/mol. The van der Waals surface area contributed by atoms with Gasteiger partial charge in [-0.1, -0.05) is 6.07 Å². The maximum absolute atomic E-state index is 10.3. The van der Waals surface area contributed by atoms with Crippen molar-refractivity contribution in [2.45, 2.75) is 25.7 Å². The summed E-state index contributed by atoms with van der Waals surface area (Å²) < 4.78 is 6.07. The van der Waals surface area contributed by atoms with Gasteiger partial charge in [0, 0.05) is 6.42 Å². The number of carboxylic acid groups (broad SMARTS) is 1. The van der Waals surface area contributed by atoms with Crippen molar-refractivity contribution in [3.05, 3.63) is 28.2 Å². The average Bonchev–Trinajstić information content (AvgIpc) is 2.24. The summed E-state index contributed by atoms with van der Waals surface area (Å²) in [6.45, 7) is 0. The molecule has 0 aliphatic heterocycles. The summed E-state index contributed by atoms with van der Waals surface area (Å²) >= 11 is 3.42. The maximum atomic E-state index is 10.3. The molecule has 0 fully saturated rings. The molecule has 1 N–H and O–H groups in total. The van der Waals surface area contributed by atoms with Crippen LogP contribution in [0.5, 0.6) is 5.75 Å². The highest BCUT2D eigenvalue weighted by Gasteiger charge is 2.02. The Labute approximate surface area is 104 Å². The van der Waals surface area contributed by atoms with E-state index in [-0.39, 0.29) is 6.42 Å². The van der Waals surface area contributed by atoms with Gasteiger partial charge in [0.15, 0.2) is 0 Å². The number of rotatable bonds is 6. The first-order valence-electron chi connectivity index (χ1n) is 5.17. The van der Waals surface area contributed by atoms with Crippen molar-refractivity contribution in [2.24, 2.45) is 0 Å². The van der Waals surface area contributed by atoms with Gasteiger partial charge in [0.2, 0.25) is 0 Å². The van der Waals surface area contributed by atoms with Crippen LogP contribution in [-0.4, -0.2) is 18.2 Å². The summed E-state index contributed by atoms with van der Waals surface area (Å²) in [7, 11) is 1.63. The van der Waals surface area contributed by atoms with Gasteiger partial charge in [-0.2, -0.15) is 0 Å². The lowest BCUT2D eigenvalue weighted by molar-refractivity contribution is -0.137. The molecule has 0 spiro atoms.